The summed E-state index contributed by atoms with van der Waals surface area (Å²) in [5, 5.41) is 3.90. The average molecular weight is 438 g/mol. The Morgan fingerprint density at radius 3 is 2.61 bits per heavy atom. The number of carbonyl (C=O) groups is 1. The van der Waals surface area contributed by atoms with Crippen LogP contribution in [0.25, 0.3) is 11.3 Å². The average Bonchev–Trinajstić information content (AvgIpc) is 3.49. The summed E-state index contributed by atoms with van der Waals surface area (Å²) >= 11 is 0. The lowest BCUT2D eigenvalue weighted by Crippen LogP contribution is -2.23. The molecule has 0 saturated heterocycles. The van der Waals surface area contributed by atoms with Gasteiger partial charge in [0.05, 0.1) is 23.3 Å². The molecule has 0 saturated carbocycles. The monoisotopic (exact) mass is 438 g/mol. The summed E-state index contributed by atoms with van der Waals surface area (Å²) in [6, 6.07) is 20.0. The number of carbonyl (C=O) groups excluding carboxylic acids is 1. The number of furan rings is 1. The number of esters is 1. The highest BCUT2D eigenvalue weighted by atomic mass is 32.2. The Hall–Kier alpha value is -3.69. The maximum absolute atomic E-state index is 12.5. The number of hydrogen-bond acceptors (Lipinski definition) is 7. The zero-order valence-electron chi connectivity index (χ0n) is 16.2. The molecule has 4 rings (SSSR count). The molecule has 0 amide bonds. The molecule has 0 aliphatic carbocycles. The first kappa shape index (κ1) is 20.6. The molecule has 0 unspecified atom stereocenters. The summed E-state index contributed by atoms with van der Waals surface area (Å²) in [5.74, 6) is 0.358. The third-order valence-corrected chi connectivity index (χ3v) is 5.76. The van der Waals surface area contributed by atoms with E-state index in [2.05, 4.69) is 9.88 Å². The summed E-state index contributed by atoms with van der Waals surface area (Å²) in [6.45, 7) is -0.108. The van der Waals surface area contributed by atoms with E-state index in [0.29, 0.717) is 17.2 Å². The van der Waals surface area contributed by atoms with E-state index in [1.165, 1.54) is 30.5 Å². The largest absolute Gasteiger partial charge is 0.468 e. The highest BCUT2D eigenvalue weighted by Crippen LogP contribution is 2.20. The quantitative estimate of drug-likeness (QED) is 0.417. The van der Waals surface area contributed by atoms with Crippen molar-refractivity contribution in [3.63, 3.8) is 0 Å². The Balaban J connectivity index is 1.39. The number of benzene rings is 2. The molecule has 2 heterocycles. The lowest BCUT2D eigenvalue weighted by atomic mass is 10.2. The van der Waals surface area contributed by atoms with Gasteiger partial charge in [0.15, 0.2) is 5.76 Å². The molecular formula is C22H18N2O6S. The molecule has 0 aliphatic rings. The van der Waals surface area contributed by atoms with Crippen LogP contribution in [0.15, 0.2) is 92.9 Å². The van der Waals surface area contributed by atoms with Crippen molar-refractivity contribution in [1.82, 2.24) is 9.88 Å². The Morgan fingerprint density at radius 2 is 1.84 bits per heavy atom. The van der Waals surface area contributed by atoms with Crippen LogP contribution in [0, 0.1) is 0 Å². The molecule has 9 heteroatoms. The van der Waals surface area contributed by atoms with Gasteiger partial charge in [-0.25, -0.2) is 17.9 Å². The van der Waals surface area contributed by atoms with Crippen LogP contribution in [0.1, 0.15) is 21.8 Å². The highest BCUT2D eigenvalue weighted by Gasteiger charge is 2.18. The lowest BCUT2D eigenvalue weighted by molar-refractivity contribution is 0.0464. The van der Waals surface area contributed by atoms with Crippen molar-refractivity contribution >= 4 is 16.0 Å². The topological polar surface area (TPSA) is 112 Å². The number of aromatic nitrogens is 1. The predicted octanol–water partition coefficient (Wildman–Crippen LogP) is 3.77. The highest BCUT2D eigenvalue weighted by molar-refractivity contribution is 7.89. The molecule has 8 nitrogen and oxygen atoms in total. The summed E-state index contributed by atoms with van der Waals surface area (Å²) in [6.07, 6.45) is 1.46. The van der Waals surface area contributed by atoms with E-state index in [9.17, 15) is 13.2 Å². The van der Waals surface area contributed by atoms with Crippen molar-refractivity contribution in [3.8, 4) is 11.3 Å². The molecule has 0 radical (unpaired) electrons. The van der Waals surface area contributed by atoms with Gasteiger partial charge in [0.25, 0.3) is 0 Å². The minimum absolute atomic E-state index is 0.0000854. The zero-order valence-corrected chi connectivity index (χ0v) is 17.0. The molecular weight excluding hydrogens is 420 g/mol. The normalized spacial score (nSPS) is 11.4. The number of ether oxygens (including phenoxy) is 1. The van der Waals surface area contributed by atoms with Crippen molar-refractivity contribution in [2.75, 3.05) is 0 Å². The molecule has 0 aliphatic heterocycles. The fraction of sp³-hybridized carbons (Fsp3) is 0.0909. The van der Waals surface area contributed by atoms with E-state index in [1.54, 1.807) is 18.2 Å². The summed E-state index contributed by atoms with van der Waals surface area (Å²) < 4.78 is 43.1. The molecule has 2 aromatic heterocycles. The Labute approximate surface area is 178 Å². The maximum Gasteiger partial charge on any atom is 0.338 e. The van der Waals surface area contributed by atoms with Gasteiger partial charge in [0.1, 0.15) is 18.1 Å². The van der Waals surface area contributed by atoms with Gasteiger partial charge in [-0.05, 0) is 30.3 Å². The van der Waals surface area contributed by atoms with E-state index in [-0.39, 0.29) is 23.6 Å². The Bertz CT molecular complexity index is 1260. The molecule has 4 aromatic rings. The van der Waals surface area contributed by atoms with Crippen LogP contribution in [-0.2, 0) is 27.9 Å². The van der Waals surface area contributed by atoms with Gasteiger partial charge in [0.2, 0.25) is 10.0 Å². The second kappa shape index (κ2) is 8.99. The number of hydrogen-bond donors (Lipinski definition) is 1. The number of nitrogens with zero attached hydrogens (tertiary/aromatic N) is 1. The Morgan fingerprint density at radius 1 is 1.00 bits per heavy atom. The first-order valence-corrected chi connectivity index (χ1v) is 10.8. The number of nitrogens with one attached hydrogen (secondary N) is 1. The van der Waals surface area contributed by atoms with Crippen LogP contribution in [-0.4, -0.2) is 19.5 Å². The minimum atomic E-state index is -3.83. The molecule has 0 spiro atoms. The minimum Gasteiger partial charge on any atom is -0.468 e. The molecule has 158 valence electrons. The first-order chi connectivity index (χ1) is 15.0. The van der Waals surface area contributed by atoms with E-state index in [0.717, 1.165) is 5.56 Å². The lowest BCUT2D eigenvalue weighted by Gasteiger charge is -2.07. The van der Waals surface area contributed by atoms with Gasteiger partial charge in [-0.1, -0.05) is 41.6 Å². The summed E-state index contributed by atoms with van der Waals surface area (Å²) in [7, 11) is -3.83. The summed E-state index contributed by atoms with van der Waals surface area (Å²) in [5.41, 5.74) is 1.40. The second-order valence-corrected chi connectivity index (χ2v) is 8.32. The van der Waals surface area contributed by atoms with E-state index >= 15 is 0 Å². The molecule has 1 N–H and O–H groups in total. The van der Waals surface area contributed by atoms with Crippen LogP contribution in [0.2, 0.25) is 0 Å². The third-order valence-electron chi connectivity index (χ3n) is 4.36. The van der Waals surface area contributed by atoms with Crippen LogP contribution in [0.3, 0.4) is 0 Å². The molecule has 2 aromatic carbocycles. The van der Waals surface area contributed by atoms with Crippen molar-refractivity contribution in [2.45, 2.75) is 18.0 Å². The number of sulfonamides is 1. The van der Waals surface area contributed by atoms with Gasteiger partial charge in [0, 0.05) is 11.6 Å². The van der Waals surface area contributed by atoms with Crippen molar-refractivity contribution in [1.29, 1.82) is 0 Å². The molecule has 0 bridgehead atoms. The van der Waals surface area contributed by atoms with Gasteiger partial charge in [-0.15, -0.1) is 0 Å². The smallest absolute Gasteiger partial charge is 0.338 e. The third kappa shape index (κ3) is 5.08. The predicted molar refractivity (Wildman–Crippen MR) is 110 cm³/mol. The first-order valence-electron chi connectivity index (χ1n) is 9.31. The van der Waals surface area contributed by atoms with E-state index < -0.39 is 16.0 Å². The standard InChI is InChI=1S/C22H18N2O6S/c25-22(29-15-18-13-21(30-24-18)16-6-2-1-3-7-16)17-8-4-10-20(12-17)31(26,27)23-14-19-9-5-11-28-19/h1-13,23H,14-15H2. The second-order valence-electron chi connectivity index (χ2n) is 6.56. The van der Waals surface area contributed by atoms with Crippen LogP contribution >= 0.6 is 0 Å². The van der Waals surface area contributed by atoms with E-state index in [4.69, 9.17) is 13.7 Å². The Kier molecular flexibility index (Phi) is 5.96. The van der Waals surface area contributed by atoms with Gasteiger partial charge in [-0.2, -0.15) is 0 Å². The summed E-state index contributed by atoms with van der Waals surface area (Å²) in [4.78, 5) is 12.4. The molecule has 0 fully saturated rings. The van der Waals surface area contributed by atoms with Crippen LogP contribution in [0.4, 0.5) is 0 Å². The van der Waals surface area contributed by atoms with Gasteiger partial charge < -0.3 is 13.7 Å². The van der Waals surface area contributed by atoms with E-state index in [1.807, 2.05) is 30.3 Å². The SMILES string of the molecule is O=C(OCc1cc(-c2ccccc2)on1)c1cccc(S(=O)(=O)NCc2ccco2)c1. The molecule has 0 atom stereocenters. The van der Waals surface area contributed by atoms with Crippen LogP contribution < -0.4 is 4.72 Å². The van der Waals surface area contributed by atoms with Gasteiger partial charge in [-0.3, -0.25) is 0 Å². The maximum atomic E-state index is 12.5. The van der Waals surface area contributed by atoms with Crippen molar-refractivity contribution in [2.24, 2.45) is 0 Å². The van der Waals surface area contributed by atoms with Crippen molar-refractivity contribution in [3.05, 3.63) is 96.1 Å². The zero-order chi connectivity index (χ0) is 21.7. The molecule has 31 heavy (non-hydrogen) atoms. The number of rotatable bonds is 8. The van der Waals surface area contributed by atoms with Gasteiger partial charge >= 0.3 is 5.97 Å². The fourth-order valence-corrected chi connectivity index (χ4v) is 3.83. The van der Waals surface area contributed by atoms with Crippen molar-refractivity contribution < 1.29 is 26.9 Å². The van der Waals surface area contributed by atoms with Crippen LogP contribution in [0.5, 0.6) is 0 Å². The fourth-order valence-electron chi connectivity index (χ4n) is 2.79.